The molecule has 0 saturated heterocycles. The highest BCUT2D eigenvalue weighted by Gasteiger charge is 2.20. The number of rotatable bonds is 7. The van der Waals surface area contributed by atoms with Gasteiger partial charge >= 0.3 is 5.97 Å². The number of fused-ring (bicyclic) bond motifs is 2. The summed E-state index contributed by atoms with van der Waals surface area (Å²) in [6.07, 6.45) is 0.715. The molecule has 0 aliphatic carbocycles. The first kappa shape index (κ1) is 22.7. The number of benzene rings is 2. The van der Waals surface area contributed by atoms with Crippen LogP contribution < -0.4 is 5.56 Å². The van der Waals surface area contributed by atoms with E-state index < -0.39 is 18.3 Å². The van der Waals surface area contributed by atoms with Gasteiger partial charge in [0.25, 0.3) is 5.56 Å². The largest absolute Gasteiger partial charge is 0.507 e. The van der Waals surface area contributed by atoms with Crippen molar-refractivity contribution >= 4 is 33.3 Å². The van der Waals surface area contributed by atoms with Crippen molar-refractivity contribution in [2.24, 2.45) is 5.92 Å². The number of carbonyl (C=O) groups is 1. The van der Waals surface area contributed by atoms with Gasteiger partial charge in [-0.25, -0.2) is 14.5 Å². The molecule has 2 N–H and O–H groups in total. The lowest BCUT2D eigenvalue weighted by Crippen LogP contribution is -2.27. The first-order valence-electron chi connectivity index (χ1n) is 10.8. The number of carbonyl (C=O) groups excluding carboxylic acids is 1. The summed E-state index contributed by atoms with van der Waals surface area (Å²) in [5, 5.41) is 25.0. The summed E-state index contributed by atoms with van der Waals surface area (Å²) in [6.45, 7) is 3.87. The molecule has 0 unspecified atom stereocenters. The quantitative estimate of drug-likeness (QED) is 0.244. The minimum atomic E-state index is -0.817. The first-order valence-corrected chi connectivity index (χ1v) is 10.8. The molecule has 0 bridgehead atoms. The Labute approximate surface area is 194 Å². The van der Waals surface area contributed by atoms with Crippen LogP contribution in [0.5, 0.6) is 0 Å². The second kappa shape index (κ2) is 9.58. The molecule has 0 spiro atoms. The highest BCUT2D eigenvalue weighted by Crippen LogP contribution is 2.20. The van der Waals surface area contributed by atoms with Gasteiger partial charge in [-0.2, -0.15) is 10.4 Å². The molecule has 0 amide bonds. The highest BCUT2D eigenvalue weighted by molar-refractivity contribution is 6.02. The topological polar surface area (TPSA) is 134 Å². The second-order valence-electron chi connectivity index (χ2n) is 8.22. The maximum Gasteiger partial charge on any atom is 0.359 e. The molecule has 0 aliphatic rings. The van der Waals surface area contributed by atoms with Crippen molar-refractivity contribution in [3.8, 4) is 6.07 Å². The Balaban J connectivity index is 1.63. The Morgan fingerprint density at radius 1 is 1.18 bits per heavy atom. The number of aromatic nitrogens is 4. The molecule has 2 heterocycles. The Morgan fingerprint density at radius 3 is 2.59 bits per heavy atom. The maximum absolute atomic E-state index is 12.9. The molecular weight excluding hydrogens is 434 g/mol. The van der Waals surface area contributed by atoms with Crippen LogP contribution in [0.4, 0.5) is 0 Å². The molecule has 0 atom stereocenters. The van der Waals surface area contributed by atoms with E-state index in [2.05, 4.69) is 15.1 Å². The van der Waals surface area contributed by atoms with Crippen LogP contribution in [0, 0.1) is 17.2 Å². The predicted octanol–water partition coefficient (Wildman–Crippen LogP) is 3.97. The minimum absolute atomic E-state index is 0.0333. The molecule has 0 fully saturated rings. The SMILES string of the molecule is CC(C)CCn1nc(C(=O)OC/C(O)=C(\C#N)c2nc3ccccc3[nH]2)c2ccccc2c1=O. The lowest BCUT2D eigenvalue weighted by Gasteiger charge is -2.12. The molecule has 2 aromatic heterocycles. The molecule has 0 aliphatic heterocycles. The Kier molecular flexibility index (Phi) is 6.41. The number of nitrogens with one attached hydrogen (secondary N) is 1. The predicted molar refractivity (Wildman–Crippen MR) is 127 cm³/mol. The Hall–Kier alpha value is -4.45. The number of ether oxygens (including phenoxy) is 1. The van der Waals surface area contributed by atoms with Gasteiger partial charge in [-0.05, 0) is 30.5 Å². The zero-order chi connectivity index (χ0) is 24.2. The van der Waals surface area contributed by atoms with E-state index in [-0.39, 0.29) is 22.7 Å². The molecule has 4 aromatic rings. The van der Waals surface area contributed by atoms with E-state index >= 15 is 0 Å². The zero-order valence-electron chi connectivity index (χ0n) is 18.8. The molecule has 4 rings (SSSR count). The summed E-state index contributed by atoms with van der Waals surface area (Å²) in [7, 11) is 0. The molecule has 9 nitrogen and oxygen atoms in total. The molecule has 2 aromatic carbocycles. The number of esters is 1. The lowest BCUT2D eigenvalue weighted by atomic mass is 10.1. The smallest absolute Gasteiger partial charge is 0.359 e. The van der Waals surface area contributed by atoms with Gasteiger partial charge in [-0.1, -0.05) is 44.2 Å². The average Bonchev–Trinajstić information content (AvgIpc) is 3.26. The number of allylic oxidation sites excluding steroid dienone is 1. The summed E-state index contributed by atoms with van der Waals surface area (Å²) < 4.78 is 6.55. The van der Waals surface area contributed by atoms with Crippen molar-refractivity contribution in [1.29, 1.82) is 5.26 Å². The van der Waals surface area contributed by atoms with Gasteiger partial charge in [0.15, 0.2) is 17.3 Å². The number of nitriles is 1. The van der Waals surface area contributed by atoms with Crippen molar-refractivity contribution in [3.05, 3.63) is 76.2 Å². The fourth-order valence-electron chi connectivity index (χ4n) is 3.52. The van der Waals surface area contributed by atoms with Crippen molar-refractivity contribution in [3.63, 3.8) is 0 Å². The summed E-state index contributed by atoms with van der Waals surface area (Å²) in [5.74, 6) is -0.751. The van der Waals surface area contributed by atoms with Gasteiger partial charge in [0.05, 0.1) is 16.4 Å². The molecule has 0 saturated carbocycles. The standard InChI is InChI=1S/C25H23N5O4/c1-15(2)11-12-30-24(32)17-8-4-3-7-16(17)22(29-30)25(33)34-14-21(31)18(13-26)23-27-19-9-5-6-10-20(19)28-23/h3-10,15,31H,11-12,14H2,1-2H3,(H,27,28)/b21-18-. The van der Waals surface area contributed by atoms with E-state index in [0.29, 0.717) is 40.7 Å². The number of H-pyrrole nitrogens is 1. The van der Waals surface area contributed by atoms with E-state index in [0.717, 1.165) is 0 Å². The molecular formula is C25H23N5O4. The number of hydrogen-bond donors (Lipinski definition) is 2. The van der Waals surface area contributed by atoms with Gasteiger partial charge in [-0.3, -0.25) is 4.79 Å². The van der Waals surface area contributed by atoms with Crippen LogP contribution >= 0.6 is 0 Å². The summed E-state index contributed by atoms with van der Waals surface area (Å²) in [4.78, 5) is 33.0. The number of aromatic amines is 1. The third-order valence-corrected chi connectivity index (χ3v) is 5.35. The van der Waals surface area contributed by atoms with E-state index in [1.807, 2.05) is 32.0 Å². The van der Waals surface area contributed by atoms with Gasteiger partial charge in [-0.15, -0.1) is 0 Å². The monoisotopic (exact) mass is 457 g/mol. The number of aliphatic hydroxyl groups excluding tert-OH is 1. The number of aryl methyl sites for hydroxylation is 1. The fourth-order valence-corrected chi connectivity index (χ4v) is 3.52. The number of hydrogen-bond acceptors (Lipinski definition) is 7. The summed E-state index contributed by atoms with van der Waals surface area (Å²) >= 11 is 0. The molecule has 0 radical (unpaired) electrons. The van der Waals surface area contributed by atoms with Crippen LogP contribution in [0.3, 0.4) is 0 Å². The lowest BCUT2D eigenvalue weighted by molar-refractivity contribution is 0.0495. The minimum Gasteiger partial charge on any atom is -0.507 e. The van der Waals surface area contributed by atoms with Crippen LogP contribution in [-0.2, 0) is 11.3 Å². The third-order valence-electron chi connectivity index (χ3n) is 5.35. The number of nitrogens with zero attached hydrogens (tertiary/aromatic N) is 4. The van der Waals surface area contributed by atoms with Crippen molar-refractivity contribution in [1.82, 2.24) is 19.7 Å². The van der Waals surface area contributed by atoms with Crippen LogP contribution in [-0.4, -0.2) is 37.4 Å². The van der Waals surface area contributed by atoms with Gasteiger partial charge in [0.1, 0.15) is 18.2 Å². The number of para-hydroxylation sites is 2. The number of aliphatic hydroxyl groups is 1. The van der Waals surface area contributed by atoms with Crippen LogP contribution in [0.1, 0.15) is 36.6 Å². The van der Waals surface area contributed by atoms with Crippen molar-refractivity contribution in [2.75, 3.05) is 6.61 Å². The normalized spacial score (nSPS) is 12.1. The van der Waals surface area contributed by atoms with Gasteiger partial charge in [0, 0.05) is 11.9 Å². The van der Waals surface area contributed by atoms with E-state index in [4.69, 9.17) is 4.74 Å². The number of imidazole rings is 1. The third kappa shape index (κ3) is 4.52. The maximum atomic E-state index is 12.9. The molecule has 9 heteroatoms. The van der Waals surface area contributed by atoms with Crippen molar-refractivity contribution in [2.45, 2.75) is 26.8 Å². The second-order valence-corrected chi connectivity index (χ2v) is 8.22. The summed E-state index contributed by atoms with van der Waals surface area (Å²) in [6, 6.07) is 15.8. The van der Waals surface area contributed by atoms with E-state index in [1.165, 1.54) is 4.68 Å². The Morgan fingerprint density at radius 2 is 1.88 bits per heavy atom. The average molecular weight is 457 g/mol. The fraction of sp³-hybridized carbons (Fsp3) is 0.240. The Bertz CT molecular complexity index is 1470. The molecule has 172 valence electrons. The highest BCUT2D eigenvalue weighted by atomic mass is 16.5. The zero-order valence-corrected chi connectivity index (χ0v) is 18.8. The first-order chi connectivity index (χ1) is 16.4. The van der Waals surface area contributed by atoms with E-state index in [1.54, 1.807) is 36.4 Å². The van der Waals surface area contributed by atoms with Gasteiger partial charge < -0.3 is 14.8 Å². The van der Waals surface area contributed by atoms with Crippen LogP contribution in [0.2, 0.25) is 0 Å². The van der Waals surface area contributed by atoms with Gasteiger partial charge in [0.2, 0.25) is 0 Å². The van der Waals surface area contributed by atoms with Crippen LogP contribution in [0.15, 0.2) is 59.1 Å². The molecule has 34 heavy (non-hydrogen) atoms. The van der Waals surface area contributed by atoms with E-state index in [9.17, 15) is 20.0 Å². The van der Waals surface area contributed by atoms with Crippen molar-refractivity contribution < 1.29 is 14.6 Å². The van der Waals surface area contributed by atoms with Crippen LogP contribution in [0.25, 0.3) is 27.4 Å². The summed E-state index contributed by atoms with van der Waals surface area (Å²) in [5.41, 5.74) is 0.883.